The van der Waals surface area contributed by atoms with Crippen LogP contribution in [0.4, 0.5) is 0 Å². The summed E-state index contributed by atoms with van der Waals surface area (Å²) in [5.74, 6) is 5.65. The fraction of sp³-hybridized carbons (Fsp3) is 0.429. The number of halogens is 2. The molecule has 0 saturated heterocycles. The standard InChI is InChI=1S/C14H18Cl2N4S/c1-14(2,3)11-7-21-12(19-11)5-10(20-17)13-9(16)4-8(15)6-18-13/h4,6-7,10,20H,5,17H2,1-3H3. The average molecular weight is 345 g/mol. The van der Waals surface area contributed by atoms with Crippen LogP contribution in [-0.2, 0) is 11.8 Å². The lowest BCUT2D eigenvalue weighted by Crippen LogP contribution is -2.30. The second-order valence-electron chi connectivity index (χ2n) is 5.82. The van der Waals surface area contributed by atoms with Crippen LogP contribution >= 0.6 is 34.5 Å². The molecule has 4 nitrogen and oxygen atoms in total. The van der Waals surface area contributed by atoms with Gasteiger partial charge in [0.15, 0.2) is 0 Å². The van der Waals surface area contributed by atoms with E-state index in [1.807, 2.05) is 0 Å². The van der Waals surface area contributed by atoms with Crippen molar-refractivity contribution in [1.82, 2.24) is 15.4 Å². The molecule has 0 spiro atoms. The van der Waals surface area contributed by atoms with Crippen molar-refractivity contribution in [3.8, 4) is 0 Å². The molecule has 2 rings (SSSR count). The molecule has 0 aliphatic rings. The van der Waals surface area contributed by atoms with Gasteiger partial charge in [-0.1, -0.05) is 44.0 Å². The number of hydrogen-bond donors (Lipinski definition) is 2. The predicted octanol–water partition coefficient (Wildman–Crippen LogP) is 3.89. The Morgan fingerprint density at radius 2 is 2.10 bits per heavy atom. The predicted molar refractivity (Wildman–Crippen MR) is 88.8 cm³/mol. The zero-order valence-corrected chi connectivity index (χ0v) is 14.5. The molecule has 1 atom stereocenters. The topological polar surface area (TPSA) is 63.8 Å². The number of hydrogen-bond acceptors (Lipinski definition) is 5. The molecule has 0 saturated carbocycles. The third-order valence-corrected chi connectivity index (χ3v) is 4.45. The minimum atomic E-state index is -0.200. The molecule has 2 heterocycles. The van der Waals surface area contributed by atoms with Gasteiger partial charge in [-0.3, -0.25) is 16.3 Å². The van der Waals surface area contributed by atoms with Crippen LogP contribution in [0.5, 0.6) is 0 Å². The minimum absolute atomic E-state index is 0.0383. The molecule has 0 fully saturated rings. The number of pyridine rings is 1. The lowest BCUT2D eigenvalue weighted by atomic mass is 9.93. The molecule has 114 valence electrons. The zero-order valence-electron chi connectivity index (χ0n) is 12.2. The number of hydrazine groups is 1. The molecular weight excluding hydrogens is 327 g/mol. The van der Waals surface area contributed by atoms with E-state index in [9.17, 15) is 0 Å². The Morgan fingerprint density at radius 1 is 1.38 bits per heavy atom. The van der Waals surface area contributed by atoms with Gasteiger partial charge in [-0.05, 0) is 6.07 Å². The van der Waals surface area contributed by atoms with E-state index in [4.69, 9.17) is 29.0 Å². The first-order chi connectivity index (χ1) is 9.81. The molecule has 0 aliphatic carbocycles. The SMILES string of the molecule is CC(C)(C)c1csc(CC(NN)c2ncc(Cl)cc2Cl)n1. The Hall–Kier alpha value is -0.720. The summed E-state index contributed by atoms with van der Waals surface area (Å²) in [6.07, 6.45) is 2.20. The van der Waals surface area contributed by atoms with Gasteiger partial charge < -0.3 is 0 Å². The van der Waals surface area contributed by atoms with Crippen molar-refractivity contribution < 1.29 is 0 Å². The van der Waals surface area contributed by atoms with Crippen molar-refractivity contribution in [1.29, 1.82) is 0 Å². The fourth-order valence-electron chi connectivity index (χ4n) is 1.84. The smallest absolute Gasteiger partial charge is 0.0948 e. The van der Waals surface area contributed by atoms with Crippen LogP contribution in [0, 0.1) is 0 Å². The highest BCUT2D eigenvalue weighted by Gasteiger charge is 2.21. The van der Waals surface area contributed by atoms with E-state index in [1.54, 1.807) is 23.6 Å². The maximum absolute atomic E-state index is 6.19. The van der Waals surface area contributed by atoms with E-state index < -0.39 is 0 Å². The summed E-state index contributed by atoms with van der Waals surface area (Å²) in [4.78, 5) is 8.94. The van der Waals surface area contributed by atoms with Gasteiger partial charge in [0.05, 0.1) is 32.5 Å². The minimum Gasteiger partial charge on any atom is -0.271 e. The van der Waals surface area contributed by atoms with Gasteiger partial charge in [-0.2, -0.15) is 0 Å². The van der Waals surface area contributed by atoms with Crippen LogP contribution in [-0.4, -0.2) is 9.97 Å². The molecule has 1 unspecified atom stereocenters. The molecule has 0 aliphatic heterocycles. The molecule has 0 aromatic carbocycles. The maximum Gasteiger partial charge on any atom is 0.0948 e. The van der Waals surface area contributed by atoms with Crippen molar-refractivity contribution in [3.63, 3.8) is 0 Å². The van der Waals surface area contributed by atoms with Crippen molar-refractivity contribution in [2.75, 3.05) is 0 Å². The van der Waals surface area contributed by atoms with Crippen molar-refractivity contribution >= 4 is 34.5 Å². The molecular formula is C14H18Cl2N4S. The molecule has 2 aromatic rings. The van der Waals surface area contributed by atoms with Gasteiger partial charge in [-0.25, -0.2) is 4.98 Å². The van der Waals surface area contributed by atoms with Crippen molar-refractivity contribution in [2.45, 2.75) is 38.6 Å². The molecule has 7 heteroatoms. The molecule has 0 bridgehead atoms. The second kappa shape index (κ2) is 6.58. The highest BCUT2D eigenvalue weighted by atomic mass is 35.5. The lowest BCUT2D eigenvalue weighted by molar-refractivity contribution is 0.531. The number of rotatable bonds is 4. The van der Waals surface area contributed by atoms with Crippen LogP contribution < -0.4 is 11.3 Å². The Morgan fingerprint density at radius 3 is 2.62 bits per heavy atom. The number of thiazole rings is 1. The molecule has 0 radical (unpaired) electrons. The quantitative estimate of drug-likeness (QED) is 0.652. The number of nitrogens with two attached hydrogens (primary N) is 1. The Kier molecular flexibility index (Phi) is 5.22. The fourth-order valence-corrected chi connectivity index (χ4v) is 3.42. The van der Waals surface area contributed by atoms with Crippen molar-refractivity contribution in [2.24, 2.45) is 5.84 Å². The van der Waals surface area contributed by atoms with E-state index >= 15 is 0 Å². The van der Waals surface area contributed by atoms with Crippen LogP contribution in [0.2, 0.25) is 10.0 Å². The normalized spacial score (nSPS) is 13.4. The van der Waals surface area contributed by atoms with E-state index in [-0.39, 0.29) is 11.5 Å². The molecule has 21 heavy (non-hydrogen) atoms. The summed E-state index contributed by atoms with van der Waals surface area (Å²) in [5, 5.41) is 4.08. The first-order valence-corrected chi connectivity index (χ1v) is 8.16. The van der Waals surface area contributed by atoms with Crippen molar-refractivity contribution in [3.05, 3.63) is 44.1 Å². The van der Waals surface area contributed by atoms with Crippen LogP contribution in [0.3, 0.4) is 0 Å². The summed E-state index contributed by atoms with van der Waals surface area (Å²) < 4.78 is 0. The Bertz CT molecular complexity index is 622. The maximum atomic E-state index is 6.19. The summed E-state index contributed by atoms with van der Waals surface area (Å²) in [6, 6.07) is 1.46. The summed E-state index contributed by atoms with van der Waals surface area (Å²) in [7, 11) is 0. The van der Waals surface area contributed by atoms with E-state index in [0.717, 1.165) is 10.7 Å². The van der Waals surface area contributed by atoms with Gasteiger partial charge in [0.25, 0.3) is 0 Å². The van der Waals surface area contributed by atoms with Gasteiger partial charge in [0.2, 0.25) is 0 Å². The number of nitrogens with one attached hydrogen (secondary N) is 1. The molecule has 3 N–H and O–H groups in total. The van der Waals surface area contributed by atoms with Gasteiger partial charge in [0, 0.05) is 23.4 Å². The lowest BCUT2D eigenvalue weighted by Gasteiger charge is -2.16. The van der Waals surface area contributed by atoms with E-state index in [1.165, 1.54) is 0 Å². The largest absolute Gasteiger partial charge is 0.271 e. The highest BCUT2D eigenvalue weighted by molar-refractivity contribution is 7.09. The first-order valence-electron chi connectivity index (χ1n) is 6.53. The monoisotopic (exact) mass is 344 g/mol. The Balaban J connectivity index is 2.21. The highest BCUT2D eigenvalue weighted by Crippen LogP contribution is 2.29. The third kappa shape index (κ3) is 4.14. The van der Waals surface area contributed by atoms with Gasteiger partial charge >= 0.3 is 0 Å². The van der Waals surface area contributed by atoms with Crippen LogP contribution in [0.1, 0.15) is 43.2 Å². The summed E-state index contributed by atoms with van der Waals surface area (Å²) in [5.41, 5.74) is 4.54. The molecule has 2 aromatic heterocycles. The summed E-state index contributed by atoms with van der Waals surface area (Å²) >= 11 is 13.7. The van der Waals surface area contributed by atoms with E-state index in [2.05, 4.69) is 41.5 Å². The number of aromatic nitrogens is 2. The third-order valence-electron chi connectivity index (χ3n) is 3.07. The van der Waals surface area contributed by atoms with Crippen LogP contribution in [0.15, 0.2) is 17.6 Å². The van der Waals surface area contributed by atoms with Gasteiger partial charge in [-0.15, -0.1) is 11.3 Å². The van der Waals surface area contributed by atoms with Gasteiger partial charge in [0.1, 0.15) is 0 Å². The summed E-state index contributed by atoms with van der Waals surface area (Å²) in [6.45, 7) is 6.42. The van der Waals surface area contributed by atoms with E-state index in [0.29, 0.717) is 22.2 Å². The second-order valence-corrected chi connectivity index (χ2v) is 7.61. The Labute approximate surface area is 138 Å². The number of nitrogens with zero attached hydrogens (tertiary/aromatic N) is 2. The first kappa shape index (κ1) is 16.6. The molecule has 0 amide bonds. The zero-order chi connectivity index (χ0) is 15.6. The van der Waals surface area contributed by atoms with Crippen LogP contribution in [0.25, 0.3) is 0 Å². The average Bonchev–Trinajstić information content (AvgIpc) is 2.85.